The molecule has 8 heteroatoms. The van der Waals surface area contributed by atoms with E-state index in [4.69, 9.17) is 9.84 Å². The van der Waals surface area contributed by atoms with Crippen molar-refractivity contribution in [3.63, 3.8) is 0 Å². The number of ether oxygens (including phenoxy) is 1. The van der Waals surface area contributed by atoms with Gasteiger partial charge in [0.15, 0.2) is 6.61 Å². The first-order valence-electron chi connectivity index (χ1n) is 6.51. The number of sulfonamides is 1. The highest BCUT2D eigenvalue weighted by molar-refractivity contribution is 14.1. The largest absolute Gasteiger partial charge is 0.482 e. The second kappa shape index (κ2) is 7.18. The van der Waals surface area contributed by atoms with E-state index in [0.717, 1.165) is 3.57 Å². The molecule has 0 fully saturated rings. The number of halogens is 1. The number of carboxylic acid groups (broad SMARTS) is 1. The highest BCUT2D eigenvalue weighted by atomic mass is 127. The number of rotatable bonds is 6. The van der Waals surface area contributed by atoms with Gasteiger partial charge in [0.2, 0.25) is 0 Å². The molecule has 0 saturated carbocycles. The second-order valence-corrected chi connectivity index (χ2v) is 7.65. The summed E-state index contributed by atoms with van der Waals surface area (Å²) in [5.41, 5.74) is 1.01. The summed E-state index contributed by atoms with van der Waals surface area (Å²) in [6.45, 7) is 1.18. The van der Waals surface area contributed by atoms with E-state index in [1.54, 1.807) is 25.1 Å². The van der Waals surface area contributed by atoms with Crippen molar-refractivity contribution in [3.05, 3.63) is 51.6 Å². The van der Waals surface area contributed by atoms with Crippen LogP contribution in [0.1, 0.15) is 5.56 Å². The molecule has 0 aliphatic heterocycles. The van der Waals surface area contributed by atoms with Crippen LogP contribution in [0.25, 0.3) is 0 Å². The van der Waals surface area contributed by atoms with Crippen molar-refractivity contribution in [2.24, 2.45) is 0 Å². The molecule has 6 nitrogen and oxygen atoms in total. The van der Waals surface area contributed by atoms with Crippen molar-refractivity contribution in [2.45, 2.75) is 11.8 Å². The molecule has 2 N–H and O–H groups in total. The highest BCUT2D eigenvalue weighted by Gasteiger charge is 2.16. The smallest absolute Gasteiger partial charge is 0.341 e. The number of hydrogen-bond donors (Lipinski definition) is 2. The van der Waals surface area contributed by atoms with Crippen LogP contribution >= 0.6 is 22.6 Å². The van der Waals surface area contributed by atoms with Gasteiger partial charge in [-0.1, -0.05) is 6.07 Å². The van der Waals surface area contributed by atoms with Gasteiger partial charge in [-0.3, -0.25) is 4.72 Å². The minimum absolute atomic E-state index is 0.0801. The number of carboxylic acids is 1. The number of aryl methyl sites for hydroxylation is 1. The van der Waals surface area contributed by atoms with Crippen LogP contribution in [-0.4, -0.2) is 26.1 Å². The number of aliphatic carboxylic acids is 1. The van der Waals surface area contributed by atoms with E-state index in [-0.39, 0.29) is 4.90 Å². The van der Waals surface area contributed by atoms with Gasteiger partial charge in [-0.05, 0) is 71.5 Å². The van der Waals surface area contributed by atoms with Crippen LogP contribution in [0.15, 0.2) is 47.4 Å². The fourth-order valence-corrected chi connectivity index (χ4v) is 3.53. The lowest BCUT2D eigenvalue weighted by molar-refractivity contribution is -0.139. The van der Waals surface area contributed by atoms with Crippen LogP contribution in [0, 0.1) is 10.5 Å². The Balaban J connectivity index is 2.23. The summed E-state index contributed by atoms with van der Waals surface area (Å²) in [5.74, 6) is -0.762. The molecule has 2 aromatic carbocycles. The van der Waals surface area contributed by atoms with Gasteiger partial charge in [0.25, 0.3) is 10.0 Å². The zero-order valence-corrected chi connectivity index (χ0v) is 15.1. The SMILES string of the molecule is Cc1cc(S(=O)(=O)Nc2cccc(I)c2)ccc1OCC(=O)O. The maximum absolute atomic E-state index is 12.4. The molecule has 0 atom stereocenters. The van der Waals surface area contributed by atoms with Crippen molar-refractivity contribution in [3.8, 4) is 5.75 Å². The molecule has 0 aromatic heterocycles. The van der Waals surface area contributed by atoms with Crippen LogP contribution in [0.3, 0.4) is 0 Å². The Morgan fingerprint density at radius 1 is 1.26 bits per heavy atom. The van der Waals surface area contributed by atoms with Crippen LogP contribution in [0.5, 0.6) is 5.75 Å². The molecule has 0 spiro atoms. The van der Waals surface area contributed by atoms with Crippen molar-refractivity contribution in [2.75, 3.05) is 11.3 Å². The summed E-state index contributed by atoms with van der Waals surface area (Å²) < 4.78 is 33.3. The van der Waals surface area contributed by atoms with Gasteiger partial charge >= 0.3 is 5.97 Å². The Bertz CT molecular complexity index is 836. The minimum Gasteiger partial charge on any atom is -0.482 e. The topological polar surface area (TPSA) is 92.7 Å². The summed E-state index contributed by atoms with van der Waals surface area (Å²) in [5, 5.41) is 8.60. The Kier molecular flexibility index (Phi) is 5.47. The quantitative estimate of drug-likeness (QED) is 0.665. The molecule has 2 aromatic rings. The van der Waals surface area contributed by atoms with E-state index in [0.29, 0.717) is 17.0 Å². The third-order valence-corrected chi connectivity index (χ3v) is 4.93. The predicted molar refractivity (Wildman–Crippen MR) is 94.3 cm³/mol. The minimum atomic E-state index is -3.73. The average Bonchev–Trinajstić information content (AvgIpc) is 2.45. The molecule has 0 bridgehead atoms. The first kappa shape index (κ1) is 17.5. The summed E-state index contributed by atoms with van der Waals surface area (Å²) in [7, 11) is -3.73. The van der Waals surface area contributed by atoms with Crippen molar-refractivity contribution < 1.29 is 23.1 Å². The lowest BCUT2D eigenvalue weighted by Gasteiger charge is -2.11. The number of anilines is 1. The number of carbonyl (C=O) groups is 1. The molecule has 0 radical (unpaired) electrons. The van der Waals surface area contributed by atoms with E-state index in [1.807, 2.05) is 6.07 Å². The average molecular weight is 447 g/mol. The molecular formula is C15H14INO5S. The lowest BCUT2D eigenvalue weighted by atomic mass is 10.2. The lowest BCUT2D eigenvalue weighted by Crippen LogP contribution is -2.14. The van der Waals surface area contributed by atoms with E-state index >= 15 is 0 Å². The zero-order chi connectivity index (χ0) is 17.0. The normalized spacial score (nSPS) is 11.0. The standard InChI is InChI=1S/C15H14INO5S/c1-10-7-13(5-6-14(10)22-9-15(18)19)23(20,21)17-12-4-2-3-11(16)8-12/h2-8,17H,9H2,1H3,(H,18,19). The monoisotopic (exact) mass is 447 g/mol. The third-order valence-electron chi connectivity index (χ3n) is 2.88. The molecule has 0 aliphatic carbocycles. The zero-order valence-electron chi connectivity index (χ0n) is 12.1. The summed E-state index contributed by atoms with van der Waals surface area (Å²) >= 11 is 2.10. The van der Waals surface area contributed by atoms with E-state index in [2.05, 4.69) is 27.3 Å². The first-order valence-corrected chi connectivity index (χ1v) is 9.08. The maximum Gasteiger partial charge on any atom is 0.341 e. The van der Waals surface area contributed by atoms with Gasteiger partial charge in [-0.2, -0.15) is 0 Å². The molecule has 0 aliphatic rings. The Morgan fingerprint density at radius 3 is 2.61 bits per heavy atom. The maximum atomic E-state index is 12.4. The first-order chi connectivity index (χ1) is 10.8. The van der Waals surface area contributed by atoms with Crippen molar-refractivity contribution in [1.29, 1.82) is 0 Å². The van der Waals surface area contributed by atoms with Crippen LogP contribution in [-0.2, 0) is 14.8 Å². The van der Waals surface area contributed by atoms with Crippen LogP contribution < -0.4 is 9.46 Å². The van der Waals surface area contributed by atoms with Gasteiger partial charge in [-0.15, -0.1) is 0 Å². The molecule has 0 unspecified atom stereocenters. The molecule has 122 valence electrons. The Hall–Kier alpha value is -1.81. The number of hydrogen-bond acceptors (Lipinski definition) is 4. The fraction of sp³-hybridized carbons (Fsp3) is 0.133. The van der Waals surface area contributed by atoms with Crippen LogP contribution in [0.2, 0.25) is 0 Å². The number of nitrogens with one attached hydrogen (secondary N) is 1. The number of benzene rings is 2. The molecule has 0 heterocycles. The van der Waals surface area contributed by atoms with Gasteiger partial charge in [-0.25, -0.2) is 13.2 Å². The Labute approximate surface area is 147 Å². The predicted octanol–water partition coefficient (Wildman–Crippen LogP) is 2.86. The van der Waals surface area contributed by atoms with E-state index in [1.165, 1.54) is 18.2 Å². The van der Waals surface area contributed by atoms with Gasteiger partial charge < -0.3 is 9.84 Å². The van der Waals surface area contributed by atoms with Crippen LogP contribution in [0.4, 0.5) is 5.69 Å². The molecule has 0 saturated heterocycles. The Morgan fingerprint density at radius 2 is 2.00 bits per heavy atom. The molecular weight excluding hydrogens is 433 g/mol. The summed E-state index contributed by atoms with van der Waals surface area (Å²) in [6.07, 6.45) is 0. The third kappa shape index (κ3) is 4.83. The summed E-state index contributed by atoms with van der Waals surface area (Å²) in [4.78, 5) is 10.6. The highest BCUT2D eigenvalue weighted by Crippen LogP contribution is 2.24. The fourth-order valence-electron chi connectivity index (χ4n) is 1.86. The van der Waals surface area contributed by atoms with Gasteiger partial charge in [0.05, 0.1) is 4.90 Å². The molecule has 2 rings (SSSR count). The second-order valence-electron chi connectivity index (χ2n) is 4.73. The van der Waals surface area contributed by atoms with Crippen molar-refractivity contribution >= 4 is 44.3 Å². The molecule has 0 amide bonds. The van der Waals surface area contributed by atoms with Gasteiger partial charge in [0, 0.05) is 9.26 Å². The van der Waals surface area contributed by atoms with E-state index < -0.39 is 22.6 Å². The van der Waals surface area contributed by atoms with E-state index in [9.17, 15) is 13.2 Å². The van der Waals surface area contributed by atoms with Crippen molar-refractivity contribution in [1.82, 2.24) is 0 Å². The van der Waals surface area contributed by atoms with Gasteiger partial charge in [0.1, 0.15) is 5.75 Å². The summed E-state index contributed by atoms with van der Waals surface area (Å²) in [6, 6.07) is 11.3. The molecule has 23 heavy (non-hydrogen) atoms.